The van der Waals surface area contributed by atoms with Gasteiger partial charge < -0.3 is 5.32 Å². The van der Waals surface area contributed by atoms with E-state index in [1.807, 2.05) is 37.3 Å². The standard InChI is InChI=1S/C12H14N2OS2/c1-9(17-10-5-3-2-4-6-10)11(15)14-12-13-7-8-16-12/h2-6,9H,7-8H2,1H3,(H,13,14,15). The summed E-state index contributed by atoms with van der Waals surface area (Å²) in [4.78, 5) is 17.2. The number of amidine groups is 1. The Morgan fingerprint density at radius 3 is 2.88 bits per heavy atom. The monoisotopic (exact) mass is 266 g/mol. The van der Waals surface area contributed by atoms with Crippen molar-refractivity contribution in [1.82, 2.24) is 5.32 Å². The molecule has 2 rings (SSSR count). The number of thioether (sulfide) groups is 2. The van der Waals surface area contributed by atoms with E-state index in [1.54, 1.807) is 23.5 Å². The van der Waals surface area contributed by atoms with Crippen LogP contribution >= 0.6 is 23.5 Å². The number of rotatable bonds is 3. The van der Waals surface area contributed by atoms with E-state index < -0.39 is 0 Å². The molecule has 0 aromatic heterocycles. The summed E-state index contributed by atoms with van der Waals surface area (Å²) in [5.74, 6) is 0.988. The van der Waals surface area contributed by atoms with Crippen LogP contribution in [-0.2, 0) is 4.79 Å². The number of amides is 1. The van der Waals surface area contributed by atoms with Crippen LogP contribution in [0.5, 0.6) is 0 Å². The number of carbonyl (C=O) groups is 1. The molecule has 1 aliphatic rings. The highest BCUT2D eigenvalue weighted by Crippen LogP contribution is 2.23. The summed E-state index contributed by atoms with van der Waals surface area (Å²) in [5.41, 5.74) is 0. The Balaban J connectivity index is 1.87. The second kappa shape index (κ2) is 6.12. The predicted octanol–water partition coefficient (Wildman–Crippen LogP) is 2.39. The number of benzene rings is 1. The van der Waals surface area contributed by atoms with E-state index in [1.165, 1.54) is 0 Å². The van der Waals surface area contributed by atoms with Crippen LogP contribution in [-0.4, -0.2) is 28.6 Å². The molecule has 0 bridgehead atoms. The Morgan fingerprint density at radius 2 is 2.24 bits per heavy atom. The quantitative estimate of drug-likeness (QED) is 0.854. The highest BCUT2D eigenvalue weighted by molar-refractivity contribution is 8.14. The van der Waals surface area contributed by atoms with Crippen molar-refractivity contribution >= 4 is 34.6 Å². The molecule has 1 aromatic carbocycles. The molecule has 0 aliphatic carbocycles. The molecule has 1 unspecified atom stereocenters. The van der Waals surface area contributed by atoms with E-state index in [2.05, 4.69) is 10.3 Å². The van der Waals surface area contributed by atoms with E-state index in [4.69, 9.17) is 0 Å². The van der Waals surface area contributed by atoms with E-state index in [9.17, 15) is 4.79 Å². The molecule has 1 atom stereocenters. The van der Waals surface area contributed by atoms with Crippen LogP contribution in [0.25, 0.3) is 0 Å². The maximum Gasteiger partial charge on any atom is 0.239 e. The molecule has 1 aliphatic heterocycles. The zero-order chi connectivity index (χ0) is 12.1. The fraction of sp³-hybridized carbons (Fsp3) is 0.333. The molecule has 1 heterocycles. The zero-order valence-corrected chi connectivity index (χ0v) is 11.2. The predicted molar refractivity (Wildman–Crippen MR) is 74.7 cm³/mol. The van der Waals surface area contributed by atoms with Gasteiger partial charge in [-0.05, 0) is 19.1 Å². The molecule has 90 valence electrons. The molecule has 1 amide bonds. The molecule has 0 saturated carbocycles. The van der Waals surface area contributed by atoms with Gasteiger partial charge in [0.25, 0.3) is 0 Å². The lowest BCUT2D eigenvalue weighted by Crippen LogP contribution is -2.33. The fourth-order valence-corrected chi connectivity index (χ4v) is 2.99. The molecule has 17 heavy (non-hydrogen) atoms. The molecular weight excluding hydrogens is 252 g/mol. The van der Waals surface area contributed by atoms with Crippen molar-refractivity contribution in [2.24, 2.45) is 4.99 Å². The molecule has 1 N–H and O–H groups in total. The van der Waals surface area contributed by atoms with Crippen molar-refractivity contribution < 1.29 is 4.79 Å². The van der Waals surface area contributed by atoms with Crippen LogP contribution in [0.2, 0.25) is 0 Å². The van der Waals surface area contributed by atoms with Crippen molar-refractivity contribution in [2.45, 2.75) is 17.1 Å². The first-order valence-electron chi connectivity index (χ1n) is 5.45. The molecular formula is C12H14N2OS2. The molecule has 3 nitrogen and oxygen atoms in total. The molecule has 5 heteroatoms. The Kier molecular flexibility index (Phi) is 4.50. The summed E-state index contributed by atoms with van der Waals surface area (Å²) in [6.07, 6.45) is 0. The Hall–Kier alpha value is -0.940. The van der Waals surface area contributed by atoms with Crippen LogP contribution in [0.4, 0.5) is 0 Å². The van der Waals surface area contributed by atoms with Gasteiger partial charge in [-0.2, -0.15) is 0 Å². The van der Waals surface area contributed by atoms with Crippen molar-refractivity contribution in [3.8, 4) is 0 Å². The molecule has 0 spiro atoms. The minimum Gasteiger partial charge on any atom is -0.304 e. The lowest BCUT2D eigenvalue weighted by atomic mass is 10.4. The Morgan fingerprint density at radius 1 is 1.47 bits per heavy atom. The number of hydrogen-bond acceptors (Lipinski definition) is 4. The first-order valence-corrected chi connectivity index (χ1v) is 7.32. The topological polar surface area (TPSA) is 41.5 Å². The maximum absolute atomic E-state index is 11.9. The maximum atomic E-state index is 11.9. The van der Waals surface area contributed by atoms with Gasteiger partial charge in [0.15, 0.2) is 5.17 Å². The van der Waals surface area contributed by atoms with Crippen molar-refractivity contribution in [3.63, 3.8) is 0 Å². The summed E-state index contributed by atoms with van der Waals surface area (Å²) in [5, 5.41) is 3.50. The van der Waals surface area contributed by atoms with Crippen LogP contribution in [0, 0.1) is 0 Å². The number of nitrogens with zero attached hydrogens (tertiary/aromatic N) is 1. The third-order valence-corrected chi connectivity index (χ3v) is 4.24. The molecule has 1 aromatic rings. The van der Waals surface area contributed by atoms with Gasteiger partial charge in [-0.3, -0.25) is 9.79 Å². The van der Waals surface area contributed by atoms with Gasteiger partial charge in [0, 0.05) is 10.6 Å². The lowest BCUT2D eigenvalue weighted by Gasteiger charge is -2.11. The summed E-state index contributed by atoms with van der Waals surface area (Å²) >= 11 is 3.16. The Bertz CT molecular complexity index is 420. The van der Waals surface area contributed by atoms with Crippen LogP contribution in [0.3, 0.4) is 0 Å². The van der Waals surface area contributed by atoms with Gasteiger partial charge in [-0.25, -0.2) is 0 Å². The lowest BCUT2D eigenvalue weighted by molar-refractivity contribution is -0.118. The first kappa shape index (κ1) is 12.5. The second-order valence-electron chi connectivity index (χ2n) is 3.60. The molecule has 0 saturated heterocycles. The molecule has 0 fully saturated rings. The van der Waals surface area contributed by atoms with Gasteiger partial charge in [-0.15, -0.1) is 11.8 Å². The van der Waals surface area contributed by atoms with E-state index >= 15 is 0 Å². The number of nitrogens with one attached hydrogen (secondary N) is 1. The van der Waals surface area contributed by atoms with Crippen molar-refractivity contribution in [3.05, 3.63) is 30.3 Å². The van der Waals surface area contributed by atoms with E-state index in [0.29, 0.717) is 0 Å². The minimum absolute atomic E-state index is 0.0204. The number of carbonyl (C=O) groups excluding carboxylic acids is 1. The SMILES string of the molecule is CC(Sc1ccccc1)C(=O)NC1=NCCS1. The van der Waals surface area contributed by atoms with Gasteiger partial charge in [0.1, 0.15) is 0 Å². The van der Waals surface area contributed by atoms with Crippen LogP contribution < -0.4 is 5.32 Å². The Labute approximate surface area is 109 Å². The van der Waals surface area contributed by atoms with Gasteiger partial charge in [0.2, 0.25) is 5.91 Å². The van der Waals surface area contributed by atoms with Gasteiger partial charge >= 0.3 is 0 Å². The fourth-order valence-electron chi connectivity index (χ4n) is 1.37. The normalized spacial score (nSPS) is 16.4. The van der Waals surface area contributed by atoms with Crippen molar-refractivity contribution in [1.29, 1.82) is 0 Å². The summed E-state index contributed by atoms with van der Waals surface area (Å²) in [6.45, 7) is 2.72. The third-order valence-electron chi connectivity index (χ3n) is 2.24. The third kappa shape index (κ3) is 3.78. The van der Waals surface area contributed by atoms with Crippen LogP contribution in [0.1, 0.15) is 6.92 Å². The second-order valence-corrected chi connectivity index (χ2v) is 6.10. The summed E-state index contributed by atoms with van der Waals surface area (Å²) in [7, 11) is 0. The minimum atomic E-state index is -0.110. The highest BCUT2D eigenvalue weighted by Gasteiger charge is 2.17. The zero-order valence-electron chi connectivity index (χ0n) is 9.55. The van der Waals surface area contributed by atoms with Crippen molar-refractivity contribution in [2.75, 3.05) is 12.3 Å². The average molecular weight is 266 g/mol. The number of aliphatic imine (C=N–C) groups is 1. The van der Waals surface area contributed by atoms with Gasteiger partial charge in [0.05, 0.1) is 11.8 Å². The highest BCUT2D eigenvalue weighted by atomic mass is 32.2. The smallest absolute Gasteiger partial charge is 0.239 e. The van der Waals surface area contributed by atoms with E-state index in [-0.39, 0.29) is 11.2 Å². The average Bonchev–Trinajstić information content (AvgIpc) is 2.83. The first-order chi connectivity index (χ1) is 8.25. The largest absolute Gasteiger partial charge is 0.304 e. The van der Waals surface area contributed by atoms with E-state index in [0.717, 1.165) is 22.4 Å². The molecule has 0 radical (unpaired) electrons. The van der Waals surface area contributed by atoms with Gasteiger partial charge in [-0.1, -0.05) is 30.0 Å². The summed E-state index contributed by atoms with van der Waals surface area (Å²) in [6, 6.07) is 9.94. The number of hydrogen-bond donors (Lipinski definition) is 1. The summed E-state index contributed by atoms with van der Waals surface area (Å²) < 4.78 is 0. The van der Waals surface area contributed by atoms with Crippen LogP contribution in [0.15, 0.2) is 40.2 Å².